The van der Waals surface area contributed by atoms with Gasteiger partial charge in [-0.05, 0) is 38.0 Å². The van der Waals surface area contributed by atoms with Crippen LogP contribution in [-0.4, -0.2) is 38.4 Å². The molecule has 1 saturated heterocycles. The van der Waals surface area contributed by atoms with E-state index in [1.807, 2.05) is 17.2 Å². The summed E-state index contributed by atoms with van der Waals surface area (Å²) >= 11 is 0. The van der Waals surface area contributed by atoms with Crippen LogP contribution in [0.1, 0.15) is 43.6 Å². The highest BCUT2D eigenvalue weighted by Crippen LogP contribution is 2.31. The third-order valence-corrected chi connectivity index (χ3v) is 5.24. The Morgan fingerprint density at radius 3 is 2.89 bits per heavy atom. The molecule has 1 aliphatic rings. The van der Waals surface area contributed by atoms with Gasteiger partial charge in [-0.1, -0.05) is 18.2 Å². The van der Waals surface area contributed by atoms with Gasteiger partial charge in [-0.2, -0.15) is 0 Å². The molecule has 1 aliphatic heterocycles. The maximum Gasteiger partial charge on any atom is 0.227 e. The van der Waals surface area contributed by atoms with Crippen molar-refractivity contribution in [1.29, 1.82) is 0 Å². The van der Waals surface area contributed by atoms with E-state index >= 15 is 0 Å². The van der Waals surface area contributed by atoms with Gasteiger partial charge < -0.3 is 9.47 Å². The predicted octanol–water partition coefficient (Wildman–Crippen LogP) is 3.71. The Morgan fingerprint density at radius 1 is 1.30 bits per heavy atom. The summed E-state index contributed by atoms with van der Waals surface area (Å²) in [5.74, 6) is 0.839. The molecule has 2 aromatic heterocycles. The number of hydrogen-bond acceptors (Lipinski definition) is 3. The topological polar surface area (TPSA) is 51.0 Å². The molecule has 0 saturated carbocycles. The molecule has 0 bridgehead atoms. The number of fused-ring (bicyclic) bond motifs is 1. The van der Waals surface area contributed by atoms with Crippen molar-refractivity contribution in [3.05, 3.63) is 59.9 Å². The van der Waals surface area contributed by atoms with E-state index in [1.54, 1.807) is 24.4 Å². The molecule has 140 valence electrons. The molecule has 0 aliphatic carbocycles. The molecular weight excluding hydrogens is 343 g/mol. The van der Waals surface area contributed by atoms with Crippen molar-refractivity contribution in [2.24, 2.45) is 0 Å². The van der Waals surface area contributed by atoms with Crippen LogP contribution in [0, 0.1) is 5.82 Å². The molecule has 4 rings (SSSR count). The van der Waals surface area contributed by atoms with E-state index in [0.717, 1.165) is 23.3 Å². The second-order valence-corrected chi connectivity index (χ2v) is 7.39. The van der Waals surface area contributed by atoms with Crippen molar-refractivity contribution in [1.82, 2.24) is 19.4 Å². The number of carbonyl (C=O) groups excluding carboxylic acids is 1. The molecule has 0 N–H and O–H groups in total. The first-order valence-electron chi connectivity index (χ1n) is 9.37. The van der Waals surface area contributed by atoms with Gasteiger partial charge in [0.25, 0.3) is 0 Å². The molecule has 1 aromatic carbocycles. The number of hydrogen-bond donors (Lipinski definition) is 0. The SMILES string of the molecule is CC(C)n1c([C@@H]2CCN(C(=O)Cc3ccccc3F)C2)nc2ccncc21. The lowest BCUT2D eigenvalue weighted by Gasteiger charge is -2.19. The Kier molecular flexibility index (Phi) is 4.64. The van der Waals surface area contributed by atoms with Crippen LogP contribution in [0.2, 0.25) is 0 Å². The minimum absolute atomic E-state index is 0.0310. The maximum absolute atomic E-state index is 13.8. The molecule has 1 atom stereocenters. The van der Waals surface area contributed by atoms with E-state index in [1.165, 1.54) is 6.07 Å². The van der Waals surface area contributed by atoms with Gasteiger partial charge in [0.2, 0.25) is 5.91 Å². The second-order valence-electron chi connectivity index (χ2n) is 7.39. The van der Waals surface area contributed by atoms with E-state index in [0.29, 0.717) is 18.7 Å². The van der Waals surface area contributed by atoms with Crippen molar-refractivity contribution >= 4 is 16.9 Å². The van der Waals surface area contributed by atoms with E-state index < -0.39 is 0 Å². The van der Waals surface area contributed by atoms with Crippen molar-refractivity contribution in [2.45, 2.75) is 38.6 Å². The van der Waals surface area contributed by atoms with Gasteiger partial charge in [0, 0.05) is 31.2 Å². The Bertz CT molecular complexity index is 981. The molecule has 0 unspecified atom stereocenters. The van der Waals surface area contributed by atoms with Crippen LogP contribution in [0.3, 0.4) is 0 Å². The summed E-state index contributed by atoms with van der Waals surface area (Å²) in [6, 6.07) is 8.66. The quantitative estimate of drug-likeness (QED) is 0.707. The first-order chi connectivity index (χ1) is 13.0. The number of pyridine rings is 1. The van der Waals surface area contributed by atoms with Gasteiger partial charge in [-0.3, -0.25) is 9.78 Å². The fourth-order valence-corrected chi connectivity index (χ4v) is 3.90. The molecular formula is C21H23FN4O. The van der Waals surface area contributed by atoms with Gasteiger partial charge in [-0.15, -0.1) is 0 Å². The summed E-state index contributed by atoms with van der Waals surface area (Å²) in [5.41, 5.74) is 2.41. The highest BCUT2D eigenvalue weighted by atomic mass is 19.1. The van der Waals surface area contributed by atoms with Crippen molar-refractivity contribution in [3.8, 4) is 0 Å². The first kappa shape index (κ1) is 17.6. The number of benzene rings is 1. The summed E-state index contributed by atoms with van der Waals surface area (Å²) in [6.07, 6.45) is 4.57. The number of rotatable bonds is 4. The second kappa shape index (κ2) is 7.10. The zero-order valence-electron chi connectivity index (χ0n) is 15.6. The van der Waals surface area contributed by atoms with Crippen molar-refractivity contribution in [3.63, 3.8) is 0 Å². The molecule has 1 amide bonds. The highest BCUT2D eigenvalue weighted by Gasteiger charge is 2.31. The normalized spacial score (nSPS) is 17.2. The Balaban J connectivity index is 1.55. The Hall–Kier alpha value is -2.76. The molecule has 3 heterocycles. The van der Waals surface area contributed by atoms with Crippen molar-refractivity contribution < 1.29 is 9.18 Å². The molecule has 6 heteroatoms. The number of likely N-dealkylation sites (tertiary alicyclic amines) is 1. The lowest BCUT2D eigenvalue weighted by molar-refractivity contribution is -0.129. The molecule has 27 heavy (non-hydrogen) atoms. The van der Waals surface area contributed by atoms with Crippen LogP contribution in [0.4, 0.5) is 4.39 Å². The van der Waals surface area contributed by atoms with Crippen LogP contribution in [-0.2, 0) is 11.2 Å². The lowest BCUT2D eigenvalue weighted by Crippen LogP contribution is -2.30. The number of amides is 1. The smallest absolute Gasteiger partial charge is 0.227 e. The number of halogens is 1. The van der Waals surface area contributed by atoms with Gasteiger partial charge in [0.1, 0.15) is 11.6 Å². The van der Waals surface area contributed by atoms with E-state index in [2.05, 4.69) is 23.4 Å². The summed E-state index contributed by atoms with van der Waals surface area (Å²) in [6.45, 7) is 5.57. The maximum atomic E-state index is 13.8. The van der Waals surface area contributed by atoms with E-state index in [4.69, 9.17) is 4.98 Å². The van der Waals surface area contributed by atoms with Crippen molar-refractivity contribution in [2.75, 3.05) is 13.1 Å². The van der Waals surface area contributed by atoms with Crippen LogP contribution >= 0.6 is 0 Å². The summed E-state index contributed by atoms with van der Waals surface area (Å²) in [7, 11) is 0. The van der Waals surface area contributed by atoms with Gasteiger partial charge in [0.15, 0.2) is 0 Å². The van der Waals surface area contributed by atoms with Crippen LogP contribution in [0.25, 0.3) is 11.0 Å². The Labute approximate surface area is 157 Å². The molecule has 0 radical (unpaired) electrons. The van der Waals surface area contributed by atoms with Gasteiger partial charge in [-0.25, -0.2) is 9.37 Å². The number of nitrogens with zero attached hydrogens (tertiary/aromatic N) is 4. The van der Waals surface area contributed by atoms with Gasteiger partial charge >= 0.3 is 0 Å². The first-order valence-corrected chi connectivity index (χ1v) is 9.37. The third-order valence-electron chi connectivity index (χ3n) is 5.24. The minimum atomic E-state index is -0.323. The zero-order valence-corrected chi connectivity index (χ0v) is 15.6. The third kappa shape index (κ3) is 3.31. The minimum Gasteiger partial charge on any atom is -0.342 e. The molecule has 5 nitrogen and oxygen atoms in total. The van der Waals surface area contributed by atoms with Gasteiger partial charge in [0.05, 0.1) is 23.7 Å². The fraction of sp³-hybridized carbons (Fsp3) is 0.381. The average Bonchev–Trinajstić information content (AvgIpc) is 3.28. The van der Waals surface area contributed by atoms with Crippen LogP contribution in [0.15, 0.2) is 42.7 Å². The molecule has 0 spiro atoms. The Morgan fingerprint density at radius 2 is 2.11 bits per heavy atom. The summed E-state index contributed by atoms with van der Waals surface area (Å²) in [5, 5.41) is 0. The summed E-state index contributed by atoms with van der Waals surface area (Å²) in [4.78, 5) is 23.6. The van der Waals surface area contributed by atoms with E-state index in [9.17, 15) is 9.18 Å². The van der Waals surface area contributed by atoms with Crippen LogP contribution < -0.4 is 0 Å². The molecule has 3 aromatic rings. The number of imidazole rings is 1. The highest BCUT2D eigenvalue weighted by molar-refractivity contribution is 5.79. The number of carbonyl (C=O) groups is 1. The zero-order chi connectivity index (χ0) is 19.0. The van der Waals surface area contributed by atoms with E-state index in [-0.39, 0.29) is 30.1 Å². The predicted molar refractivity (Wildman–Crippen MR) is 102 cm³/mol. The standard InChI is InChI=1S/C21H23FN4O/c1-14(2)26-19-12-23-9-7-18(19)24-21(26)16-8-10-25(13-16)20(27)11-15-5-3-4-6-17(15)22/h3-7,9,12,14,16H,8,10-11,13H2,1-2H3/t16-/m1/s1. The lowest BCUT2D eigenvalue weighted by atomic mass is 10.1. The summed E-state index contributed by atoms with van der Waals surface area (Å²) < 4.78 is 16.1. The monoisotopic (exact) mass is 366 g/mol. The average molecular weight is 366 g/mol. The fourth-order valence-electron chi connectivity index (χ4n) is 3.90. The van der Waals surface area contributed by atoms with Crippen LogP contribution in [0.5, 0.6) is 0 Å². The largest absolute Gasteiger partial charge is 0.342 e. The number of aromatic nitrogens is 3. The molecule has 1 fully saturated rings.